The lowest BCUT2D eigenvalue weighted by Crippen LogP contribution is -2.34. The van der Waals surface area contributed by atoms with Crippen LogP contribution in [-0.2, 0) is 13.0 Å². The number of rotatable bonds is 4. The summed E-state index contributed by atoms with van der Waals surface area (Å²) < 4.78 is 1.36. The number of hydrogen-bond donors (Lipinski definition) is 3. The molecule has 36 heavy (non-hydrogen) atoms. The van der Waals surface area contributed by atoms with Crippen molar-refractivity contribution in [2.24, 2.45) is 0 Å². The van der Waals surface area contributed by atoms with Crippen LogP contribution in [-0.4, -0.2) is 38.0 Å². The molecule has 8 heteroatoms. The zero-order valence-electron chi connectivity index (χ0n) is 19.8. The Morgan fingerprint density at radius 1 is 1.00 bits per heavy atom. The number of aromatic amines is 1. The van der Waals surface area contributed by atoms with E-state index in [1.807, 2.05) is 60.7 Å². The van der Waals surface area contributed by atoms with Gasteiger partial charge in [0.1, 0.15) is 5.49 Å². The van der Waals surface area contributed by atoms with Crippen molar-refractivity contribution in [3.05, 3.63) is 106 Å². The van der Waals surface area contributed by atoms with Crippen LogP contribution in [0, 0.1) is 5.41 Å². The predicted molar refractivity (Wildman–Crippen MR) is 141 cm³/mol. The predicted octanol–water partition coefficient (Wildman–Crippen LogP) is 3.99. The molecule has 0 bridgehead atoms. The molecule has 0 atom stereocenters. The number of nitrogens with zero attached hydrogens (tertiary/aromatic N) is 4. The molecule has 3 heterocycles. The Hall–Kier alpha value is -4.56. The number of benzene rings is 3. The van der Waals surface area contributed by atoms with Crippen molar-refractivity contribution >= 4 is 22.7 Å². The van der Waals surface area contributed by atoms with Crippen molar-refractivity contribution in [1.82, 2.24) is 24.4 Å². The third kappa shape index (κ3) is 3.97. The molecular formula is C28H25N7O. The van der Waals surface area contributed by atoms with Gasteiger partial charge in [0, 0.05) is 30.5 Å². The average molecular weight is 476 g/mol. The topological polar surface area (TPSA) is 103 Å². The van der Waals surface area contributed by atoms with E-state index in [1.165, 1.54) is 15.7 Å². The molecule has 1 aliphatic heterocycles. The molecule has 2 aromatic heterocycles. The van der Waals surface area contributed by atoms with E-state index in [4.69, 9.17) is 5.41 Å². The highest BCUT2D eigenvalue weighted by molar-refractivity contribution is 5.76. The highest BCUT2D eigenvalue weighted by atomic mass is 16.1. The Morgan fingerprint density at radius 2 is 1.81 bits per heavy atom. The lowest BCUT2D eigenvalue weighted by atomic mass is 9.99. The van der Waals surface area contributed by atoms with Crippen molar-refractivity contribution in [2.45, 2.75) is 13.0 Å². The lowest BCUT2D eigenvalue weighted by molar-refractivity contribution is 0.313. The molecule has 0 saturated carbocycles. The van der Waals surface area contributed by atoms with Crippen molar-refractivity contribution in [2.75, 3.05) is 18.9 Å². The SMILES string of the molecule is CN1CCc2ccc(Nc3ncc4c(=N)n(-c5ccccc5-c5ccccc5)c(=O)[nH]c4n3)cc2C1. The summed E-state index contributed by atoms with van der Waals surface area (Å²) >= 11 is 0. The number of likely N-dealkylation sites (N-methyl/N-ethyl adjacent to an activating group) is 1. The second-order valence-electron chi connectivity index (χ2n) is 9.05. The van der Waals surface area contributed by atoms with Gasteiger partial charge in [-0.25, -0.2) is 14.3 Å². The van der Waals surface area contributed by atoms with Gasteiger partial charge in [0.05, 0.1) is 11.1 Å². The summed E-state index contributed by atoms with van der Waals surface area (Å²) in [6, 6.07) is 23.7. The first-order chi connectivity index (χ1) is 17.6. The Kier molecular flexibility index (Phi) is 5.42. The summed E-state index contributed by atoms with van der Waals surface area (Å²) in [5, 5.41) is 12.5. The van der Waals surface area contributed by atoms with E-state index < -0.39 is 5.69 Å². The smallest absolute Gasteiger partial charge is 0.324 e. The van der Waals surface area contributed by atoms with Crippen LogP contribution in [0.1, 0.15) is 11.1 Å². The van der Waals surface area contributed by atoms with Gasteiger partial charge in [-0.05, 0) is 48.4 Å². The van der Waals surface area contributed by atoms with Gasteiger partial charge < -0.3 is 10.2 Å². The van der Waals surface area contributed by atoms with Crippen LogP contribution in [0.4, 0.5) is 11.6 Å². The van der Waals surface area contributed by atoms with Crippen molar-refractivity contribution in [3.8, 4) is 16.8 Å². The van der Waals surface area contributed by atoms with Gasteiger partial charge in [0.15, 0.2) is 5.65 Å². The van der Waals surface area contributed by atoms with Crippen LogP contribution in [0.15, 0.2) is 83.8 Å². The molecule has 3 N–H and O–H groups in total. The fourth-order valence-electron chi connectivity index (χ4n) is 4.76. The zero-order valence-corrected chi connectivity index (χ0v) is 19.8. The van der Waals surface area contributed by atoms with Gasteiger partial charge in [0.25, 0.3) is 0 Å². The summed E-state index contributed by atoms with van der Waals surface area (Å²) in [5.74, 6) is 0.365. The molecule has 5 aromatic rings. The Balaban J connectivity index is 1.39. The van der Waals surface area contributed by atoms with Gasteiger partial charge in [0.2, 0.25) is 5.95 Å². The molecule has 178 valence electrons. The molecule has 8 nitrogen and oxygen atoms in total. The maximum Gasteiger partial charge on any atom is 0.333 e. The minimum Gasteiger partial charge on any atom is -0.324 e. The minimum absolute atomic E-state index is 0.0282. The second-order valence-corrected chi connectivity index (χ2v) is 9.05. The largest absolute Gasteiger partial charge is 0.333 e. The third-order valence-electron chi connectivity index (χ3n) is 6.59. The summed E-state index contributed by atoms with van der Waals surface area (Å²) in [5.41, 5.74) is 5.89. The van der Waals surface area contributed by atoms with E-state index >= 15 is 0 Å². The van der Waals surface area contributed by atoms with E-state index in [0.717, 1.165) is 36.3 Å². The fourth-order valence-corrected chi connectivity index (χ4v) is 4.76. The van der Waals surface area contributed by atoms with Crippen LogP contribution in [0.5, 0.6) is 0 Å². The Bertz CT molecular complexity index is 1710. The Labute approximate surface area is 207 Å². The maximum atomic E-state index is 13.2. The molecule has 0 saturated heterocycles. The first kappa shape index (κ1) is 21.9. The highest BCUT2D eigenvalue weighted by Crippen LogP contribution is 2.26. The lowest BCUT2D eigenvalue weighted by Gasteiger charge is -2.25. The van der Waals surface area contributed by atoms with Gasteiger partial charge in [-0.15, -0.1) is 0 Å². The Morgan fingerprint density at radius 3 is 2.67 bits per heavy atom. The van der Waals surface area contributed by atoms with Crippen LogP contribution in [0.2, 0.25) is 0 Å². The monoisotopic (exact) mass is 475 g/mol. The fraction of sp³-hybridized carbons (Fsp3) is 0.143. The van der Waals surface area contributed by atoms with Crippen molar-refractivity contribution < 1.29 is 0 Å². The number of hydrogen-bond acceptors (Lipinski definition) is 6. The van der Waals surface area contributed by atoms with E-state index in [1.54, 1.807) is 6.20 Å². The number of anilines is 2. The van der Waals surface area contributed by atoms with Crippen LogP contribution < -0.4 is 16.5 Å². The van der Waals surface area contributed by atoms with Crippen LogP contribution in [0.3, 0.4) is 0 Å². The van der Waals surface area contributed by atoms with Gasteiger partial charge >= 0.3 is 5.69 Å². The standard InChI is InChI=1S/C28H25N7O/c1-34-14-13-18-11-12-21(15-20(18)17-34)31-27-30-16-23-25(29)35(28(36)33-26(23)32-27)24-10-6-5-9-22(24)19-7-3-2-4-8-19/h2-12,15-16,29H,13-14,17H2,1H3,(H2,30,31,32,33,36). The number of H-pyrrole nitrogens is 1. The number of aromatic nitrogens is 4. The molecule has 0 aliphatic carbocycles. The summed E-state index contributed by atoms with van der Waals surface area (Å²) in [6.07, 6.45) is 2.62. The first-order valence-corrected chi connectivity index (χ1v) is 11.9. The second kappa shape index (κ2) is 8.90. The van der Waals surface area contributed by atoms with Gasteiger partial charge in [-0.3, -0.25) is 10.4 Å². The van der Waals surface area contributed by atoms with Gasteiger partial charge in [-0.1, -0.05) is 54.6 Å². The minimum atomic E-state index is -0.433. The van der Waals surface area contributed by atoms with Crippen LogP contribution in [0.25, 0.3) is 27.8 Å². The molecule has 0 radical (unpaired) electrons. The van der Waals surface area contributed by atoms with E-state index in [-0.39, 0.29) is 5.49 Å². The van der Waals surface area contributed by atoms with Crippen molar-refractivity contribution in [3.63, 3.8) is 0 Å². The first-order valence-electron chi connectivity index (χ1n) is 11.9. The number of para-hydroxylation sites is 1. The van der Waals surface area contributed by atoms with Gasteiger partial charge in [-0.2, -0.15) is 4.98 Å². The van der Waals surface area contributed by atoms with E-state index in [2.05, 4.69) is 44.3 Å². The summed E-state index contributed by atoms with van der Waals surface area (Å²) in [6.45, 7) is 1.97. The number of nitrogens with one attached hydrogen (secondary N) is 3. The number of fused-ring (bicyclic) bond motifs is 2. The van der Waals surface area contributed by atoms with E-state index in [9.17, 15) is 4.79 Å². The molecule has 3 aromatic carbocycles. The normalized spacial score (nSPS) is 13.5. The third-order valence-corrected chi connectivity index (χ3v) is 6.59. The molecule has 0 unspecified atom stereocenters. The molecular weight excluding hydrogens is 450 g/mol. The zero-order chi connectivity index (χ0) is 24.6. The summed E-state index contributed by atoms with van der Waals surface area (Å²) in [7, 11) is 2.12. The molecule has 0 fully saturated rings. The van der Waals surface area contributed by atoms with Crippen LogP contribution >= 0.6 is 0 Å². The van der Waals surface area contributed by atoms with Crippen molar-refractivity contribution in [1.29, 1.82) is 5.41 Å². The molecule has 1 aliphatic rings. The highest BCUT2D eigenvalue weighted by Gasteiger charge is 2.15. The maximum absolute atomic E-state index is 13.2. The average Bonchev–Trinajstić information content (AvgIpc) is 2.89. The molecule has 0 amide bonds. The molecule has 0 spiro atoms. The summed E-state index contributed by atoms with van der Waals surface area (Å²) in [4.78, 5) is 27.3. The quantitative estimate of drug-likeness (QED) is 0.365. The molecule has 6 rings (SSSR count). The van der Waals surface area contributed by atoms with E-state index in [0.29, 0.717) is 22.7 Å².